The van der Waals surface area contributed by atoms with E-state index in [4.69, 9.17) is 9.26 Å². The Kier molecular flexibility index (Phi) is 5.40. The van der Waals surface area contributed by atoms with Crippen molar-refractivity contribution in [1.82, 2.24) is 20.4 Å². The zero-order valence-electron chi connectivity index (χ0n) is 19.1. The molecular formula is C26H28N4O3. The molecule has 7 nitrogen and oxygen atoms in total. The molecule has 0 bridgehead atoms. The molecule has 2 heterocycles. The molecule has 1 unspecified atom stereocenters. The number of nitrogens with zero attached hydrogens (tertiary/aromatic N) is 2. The largest absolute Gasteiger partial charge is 0.497 e. The molecule has 2 aromatic carbocycles. The maximum absolute atomic E-state index is 13.1. The SMILES string of the molecule is COc1ccc(-c2[nH]c3ccccc3c2CCC(=O)NC(C)(c2noc(C)n2)C2CC2)cc1. The van der Waals surface area contributed by atoms with Gasteiger partial charge in [0.05, 0.1) is 7.11 Å². The number of aromatic amines is 1. The first-order valence-corrected chi connectivity index (χ1v) is 11.3. The quantitative estimate of drug-likeness (QED) is 0.403. The number of amides is 1. The Hall–Kier alpha value is -3.61. The van der Waals surface area contributed by atoms with E-state index >= 15 is 0 Å². The number of carbonyl (C=O) groups excluding carboxylic acids is 1. The average Bonchev–Trinajstić information content (AvgIpc) is 3.50. The predicted octanol–water partition coefficient (Wildman–Crippen LogP) is 4.91. The smallest absolute Gasteiger partial charge is 0.223 e. The second-order valence-electron chi connectivity index (χ2n) is 8.91. The van der Waals surface area contributed by atoms with Gasteiger partial charge in [-0.2, -0.15) is 4.98 Å². The Labute approximate surface area is 192 Å². The number of aromatic nitrogens is 3. The lowest BCUT2D eigenvalue weighted by Crippen LogP contribution is -2.46. The van der Waals surface area contributed by atoms with Crippen LogP contribution >= 0.6 is 0 Å². The van der Waals surface area contributed by atoms with Crippen molar-refractivity contribution in [2.75, 3.05) is 7.11 Å². The van der Waals surface area contributed by atoms with Gasteiger partial charge in [-0.3, -0.25) is 4.79 Å². The Morgan fingerprint density at radius 3 is 2.64 bits per heavy atom. The molecule has 7 heteroatoms. The Bertz CT molecular complexity index is 1290. The molecule has 2 N–H and O–H groups in total. The topological polar surface area (TPSA) is 93.0 Å². The average molecular weight is 445 g/mol. The van der Waals surface area contributed by atoms with E-state index < -0.39 is 5.54 Å². The number of methoxy groups -OCH3 is 1. The number of para-hydroxylation sites is 1. The highest BCUT2D eigenvalue weighted by atomic mass is 16.5. The second kappa shape index (κ2) is 8.39. The van der Waals surface area contributed by atoms with E-state index in [1.807, 2.05) is 43.3 Å². The summed E-state index contributed by atoms with van der Waals surface area (Å²) in [6.45, 7) is 3.77. The summed E-state index contributed by atoms with van der Waals surface area (Å²) in [5, 5.41) is 8.46. The fourth-order valence-electron chi connectivity index (χ4n) is 4.57. The van der Waals surface area contributed by atoms with Crippen LogP contribution in [-0.4, -0.2) is 28.1 Å². The lowest BCUT2D eigenvalue weighted by Gasteiger charge is -2.27. The van der Waals surface area contributed by atoms with E-state index in [1.165, 1.54) is 0 Å². The number of fused-ring (bicyclic) bond motifs is 1. The predicted molar refractivity (Wildman–Crippen MR) is 126 cm³/mol. The van der Waals surface area contributed by atoms with Crippen molar-refractivity contribution in [1.29, 1.82) is 0 Å². The molecular weight excluding hydrogens is 416 g/mol. The van der Waals surface area contributed by atoms with E-state index in [0.717, 1.165) is 46.3 Å². The second-order valence-corrected chi connectivity index (χ2v) is 8.91. The van der Waals surface area contributed by atoms with Gasteiger partial charge in [0.1, 0.15) is 11.3 Å². The number of nitrogens with one attached hydrogen (secondary N) is 2. The summed E-state index contributed by atoms with van der Waals surface area (Å²) in [6, 6.07) is 16.2. The summed E-state index contributed by atoms with van der Waals surface area (Å²) >= 11 is 0. The lowest BCUT2D eigenvalue weighted by molar-refractivity contribution is -0.123. The van der Waals surface area contributed by atoms with E-state index in [-0.39, 0.29) is 5.91 Å². The third-order valence-corrected chi connectivity index (χ3v) is 6.58. The van der Waals surface area contributed by atoms with Gasteiger partial charge < -0.3 is 19.6 Å². The highest BCUT2D eigenvalue weighted by Gasteiger charge is 2.47. The van der Waals surface area contributed by atoms with Gasteiger partial charge in [0.15, 0.2) is 5.82 Å². The summed E-state index contributed by atoms with van der Waals surface area (Å²) in [5.74, 6) is 2.20. The van der Waals surface area contributed by atoms with Crippen LogP contribution in [0.5, 0.6) is 5.75 Å². The van der Waals surface area contributed by atoms with Gasteiger partial charge >= 0.3 is 0 Å². The maximum atomic E-state index is 13.1. The van der Waals surface area contributed by atoms with Gasteiger partial charge in [0, 0.05) is 29.9 Å². The molecule has 1 fully saturated rings. The number of hydrogen-bond acceptors (Lipinski definition) is 5. The summed E-state index contributed by atoms with van der Waals surface area (Å²) in [6.07, 6.45) is 3.08. The van der Waals surface area contributed by atoms with Crippen molar-refractivity contribution >= 4 is 16.8 Å². The standard InChI is InChI=1S/C26H28N4O3/c1-16-27-25(30-33-16)26(2,18-10-11-18)29-23(31)15-14-21-20-6-4-5-7-22(20)28-24(21)17-8-12-19(32-3)13-9-17/h4-9,12-13,18,28H,10-11,14-15H2,1-3H3,(H,29,31). The van der Waals surface area contributed by atoms with Crippen molar-refractivity contribution < 1.29 is 14.1 Å². The van der Waals surface area contributed by atoms with Crippen molar-refractivity contribution in [3.63, 3.8) is 0 Å². The van der Waals surface area contributed by atoms with Gasteiger partial charge in [0.2, 0.25) is 11.8 Å². The fraction of sp³-hybridized carbons (Fsp3) is 0.346. The number of aryl methyl sites for hydroxylation is 2. The molecule has 1 atom stereocenters. The van der Waals surface area contributed by atoms with Crippen molar-refractivity contribution in [3.8, 4) is 17.0 Å². The van der Waals surface area contributed by atoms with E-state index in [9.17, 15) is 4.79 Å². The van der Waals surface area contributed by atoms with Crippen LogP contribution in [0.15, 0.2) is 53.1 Å². The minimum atomic E-state index is -0.603. The fourth-order valence-corrected chi connectivity index (χ4v) is 4.57. The van der Waals surface area contributed by atoms with E-state index in [2.05, 4.69) is 32.6 Å². The molecule has 33 heavy (non-hydrogen) atoms. The Morgan fingerprint density at radius 2 is 1.97 bits per heavy atom. The molecule has 2 aromatic heterocycles. The number of hydrogen-bond donors (Lipinski definition) is 2. The van der Waals surface area contributed by atoms with Crippen LogP contribution in [0.3, 0.4) is 0 Å². The molecule has 4 aromatic rings. The Morgan fingerprint density at radius 1 is 1.21 bits per heavy atom. The minimum absolute atomic E-state index is 0.0159. The van der Waals surface area contributed by atoms with Crippen LogP contribution in [-0.2, 0) is 16.8 Å². The van der Waals surface area contributed by atoms with Crippen LogP contribution in [0.25, 0.3) is 22.2 Å². The minimum Gasteiger partial charge on any atom is -0.497 e. The first-order valence-electron chi connectivity index (χ1n) is 11.3. The molecule has 1 aliphatic carbocycles. The van der Waals surface area contributed by atoms with Gasteiger partial charge in [-0.05, 0) is 73.6 Å². The molecule has 0 aliphatic heterocycles. The van der Waals surface area contributed by atoms with Gasteiger partial charge in [-0.25, -0.2) is 0 Å². The summed E-state index contributed by atoms with van der Waals surface area (Å²) in [7, 11) is 1.66. The highest BCUT2D eigenvalue weighted by Crippen LogP contribution is 2.44. The normalized spacial score (nSPS) is 15.4. The number of carbonyl (C=O) groups is 1. The van der Waals surface area contributed by atoms with E-state index in [0.29, 0.717) is 30.5 Å². The third-order valence-electron chi connectivity index (χ3n) is 6.58. The molecule has 1 aliphatic rings. The van der Waals surface area contributed by atoms with Crippen molar-refractivity contribution in [3.05, 3.63) is 65.8 Å². The molecule has 0 radical (unpaired) electrons. The molecule has 170 valence electrons. The van der Waals surface area contributed by atoms with Crippen LogP contribution in [0.1, 0.15) is 43.5 Å². The summed E-state index contributed by atoms with van der Waals surface area (Å²) < 4.78 is 10.5. The van der Waals surface area contributed by atoms with Crippen LogP contribution in [0, 0.1) is 12.8 Å². The van der Waals surface area contributed by atoms with Gasteiger partial charge in [-0.1, -0.05) is 23.4 Å². The van der Waals surface area contributed by atoms with Crippen LogP contribution in [0.2, 0.25) is 0 Å². The molecule has 1 amide bonds. The van der Waals surface area contributed by atoms with Crippen molar-refractivity contribution in [2.24, 2.45) is 5.92 Å². The molecule has 1 saturated carbocycles. The first kappa shape index (κ1) is 21.2. The molecule has 5 rings (SSSR count). The number of ether oxygens (including phenoxy) is 1. The summed E-state index contributed by atoms with van der Waals surface area (Å²) in [4.78, 5) is 21.1. The van der Waals surface area contributed by atoms with Crippen LogP contribution in [0.4, 0.5) is 0 Å². The zero-order valence-corrected chi connectivity index (χ0v) is 19.1. The lowest BCUT2D eigenvalue weighted by atomic mass is 9.94. The highest BCUT2D eigenvalue weighted by molar-refractivity contribution is 5.91. The zero-order chi connectivity index (χ0) is 23.0. The first-order chi connectivity index (χ1) is 16.0. The monoisotopic (exact) mass is 444 g/mol. The number of rotatable bonds is 8. The van der Waals surface area contributed by atoms with Gasteiger partial charge in [-0.15, -0.1) is 0 Å². The Balaban J connectivity index is 1.39. The van der Waals surface area contributed by atoms with Crippen molar-refractivity contribution in [2.45, 2.75) is 45.1 Å². The third kappa shape index (κ3) is 4.11. The van der Waals surface area contributed by atoms with Crippen LogP contribution < -0.4 is 10.1 Å². The number of benzene rings is 2. The summed E-state index contributed by atoms with van der Waals surface area (Å²) in [5.41, 5.74) is 3.68. The van der Waals surface area contributed by atoms with E-state index in [1.54, 1.807) is 14.0 Å². The molecule has 0 saturated heterocycles. The maximum Gasteiger partial charge on any atom is 0.223 e. The van der Waals surface area contributed by atoms with Gasteiger partial charge in [0.25, 0.3) is 0 Å². The molecule has 0 spiro atoms. The number of H-pyrrole nitrogens is 1.